The van der Waals surface area contributed by atoms with Crippen LogP contribution in [-0.4, -0.2) is 48.3 Å². The van der Waals surface area contributed by atoms with Crippen molar-refractivity contribution in [3.63, 3.8) is 0 Å². The molecule has 0 aromatic carbocycles. The van der Waals surface area contributed by atoms with Crippen molar-refractivity contribution >= 4 is 10.0 Å². The van der Waals surface area contributed by atoms with Crippen LogP contribution in [0.1, 0.15) is 19.3 Å². The molecule has 3 N–H and O–H groups in total. The largest absolute Gasteiger partial charge is 0.390 e. The summed E-state index contributed by atoms with van der Waals surface area (Å²) in [5.74, 6) is 0. The molecule has 1 saturated carbocycles. The van der Waals surface area contributed by atoms with Gasteiger partial charge in [0.2, 0.25) is 10.0 Å². The maximum absolute atomic E-state index is 11.8. The number of rotatable bonds is 2. The quantitative estimate of drug-likeness (QED) is 0.617. The van der Waals surface area contributed by atoms with Gasteiger partial charge in [-0.1, -0.05) is 0 Å². The van der Waals surface area contributed by atoms with Crippen LogP contribution in [0.5, 0.6) is 0 Å². The summed E-state index contributed by atoms with van der Waals surface area (Å²) < 4.78 is 24.9. The molecule has 1 aliphatic heterocycles. The molecule has 0 spiro atoms. The molecule has 2 aliphatic rings. The molecule has 0 bridgehead atoms. The molecule has 0 amide bonds. The van der Waals surface area contributed by atoms with Gasteiger partial charge in [-0.15, -0.1) is 0 Å². The third-order valence-corrected chi connectivity index (χ3v) is 5.27. The second-order valence-corrected chi connectivity index (χ2v) is 6.34. The zero-order valence-corrected chi connectivity index (χ0v) is 8.78. The summed E-state index contributed by atoms with van der Waals surface area (Å²) in [6, 6.07) is -0.277. The highest BCUT2D eigenvalue weighted by Crippen LogP contribution is 2.32. The van der Waals surface area contributed by atoms with E-state index in [0.29, 0.717) is 13.0 Å². The van der Waals surface area contributed by atoms with Crippen LogP contribution in [0.25, 0.3) is 0 Å². The van der Waals surface area contributed by atoms with Crippen LogP contribution in [0.2, 0.25) is 0 Å². The van der Waals surface area contributed by atoms with Gasteiger partial charge in [0.05, 0.1) is 11.4 Å². The lowest BCUT2D eigenvalue weighted by molar-refractivity contribution is 0.0877. The first kappa shape index (κ1) is 10.4. The van der Waals surface area contributed by atoms with Gasteiger partial charge in [0.15, 0.2) is 0 Å². The van der Waals surface area contributed by atoms with E-state index in [0.717, 1.165) is 12.8 Å². The second-order valence-electron chi connectivity index (χ2n) is 4.12. The number of nitrogens with zero attached hydrogens (tertiary/aromatic N) is 1. The Balaban J connectivity index is 2.05. The van der Waals surface area contributed by atoms with Crippen molar-refractivity contribution in [2.45, 2.75) is 36.7 Å². The molecule has 2 atom stereocenters. The SMILES string of the molecule is N[C@@H]1CCN(S(=O)(=O)C2CC2)C[C@H]1O. The van der Waals surface area contributed by atoms with E-state index in [2.05, 4.69) is 0 Å². The average molecular weight is 220 g/mol. The molecule has 1 saturated heterocycles. The van der Waals surface area contributed by atoms with E-state index >= 15 is 0 Å². The molecule has 1 aliphatic carbocycles. The lowest BCUT2D eigenvalue weighted by atomic mass is 10.1. The van der Waals surface area contributed by atoms with Crippen LogP contribution < -0.4 is 5.73 Å². The zero-order chi connectivity index (χ0) is 10.3. The first-order valence-electron chi connectivity index (χ1n) is 4.94. The van der Waals surface area contributed by atoms with Gasteiger partial charge in [0.1, 0.15) is 0 Å². The van der Waals surface area contributed by atoms with Crippen molar-refractivity contribution in [3.05, 3.63) is 0 Å². The zero-order valence-electron chi connectivity index (χ0n) is 7.96. The Kier molecular flexibility index (Phi) is 2.55. The number of hydrogen-bond acceptors (Lipinski definition) is 4. The molecular weight excluding hydrogens is 204 g/mol. The number of aliphatic hydroxyl groups is 1. The molecule has 6 heteroatoms. The monoisotopic (exact) mass is 220 g/mol. The molecule has 0 aromatic rings. The number of nitrogens with two attached hydrogens (primary N) is 1. The molecule has 14 heavy (non-hydrogen) atoms. The number of sulfonamides is 1. The van der Waals surface area contributed by atoms with Gasteiger partial charge in [0, 0.05) is 19.1 Å². The lowest BCUT2D eigenvalue weighted by Crippen LogP contribution is -2.52. The van der Waals surface area contributed by atoms with Crippen LogP contribution in [0.15, 0.2) is 0 Å². The van der Waals surface area contributed by atoms with Crippen molar-refractivity contribution in [1.29, 1.82) is 0 Å². The Morgan fingerprint density at radius 2 is 1.93 bits per heavy atom. The maximum Gasteiger partial charge on any atom is 0.217 e. The van der Waals surface area contributed by atoms with Crippen LogP contribution in [0.3, 0.4) is 0 Å². The summed E-state index contributed by atoms with van der Waals surface area (Å²) in [4.78, 5) is 0. The van der Waals surface area contributed by atoms with Gasteiger partial charge in [0.25, 0.3) is 0 Å². The van der Waals surface area contributed by atoms with Crippen LogP contribution in [0.4, 0.5) is 0 Å². The van der Waals surface area contributed by atoms with E-state index in [1.54, 1.807) is 0 Å². The topological polar surface area (TPSA) is 83.6 Å². The predicted molar refractivity (Wildman–Crippen MR) is 52.1 cm³/mol. The van der Waals surface area contributed by atoms with E-state index < -0.39 is 16.1 Å². The van der Waals surface area contributed by atoms with Crippen molar-refractivity contribution in [3.8, 4) is 0 Å². The fraction of sp³-hybridized carbons (Fsp3) is 1.00. The second kappa shape index (κ2) is 3.44. The van der Waals surface area contributed by atoms with Crippen LogP contribution in [0, 0.1) is 0 Å². The van der Waals surface area contributed by atoms with E-state index in [-0.39, 0.29) is 17.8 Å². The van der Waals surface area contributed by atoms with E-state index in [9.17, 15) is 13.5 Å². The Morgan fingerprint density at radius 3 is 2.43 bits per heavy atom. The molecule has 2 fully saturated rings. The fourth-order valence-corrected chi connectivity index (χ4v) is 3.60. The van der Waals surface area contributed by atoms with Crippen molar-refractivity contribution in [2.24, 2.45) is 5.73 Å². The van der Waals surface area contributed by atoms with Crippen molar-refractivity contribution in [2.75, 3.05) is 13.1 Å². The number of piperidine rings is 1. The van der Waals surface area contributed by atoms with Crippen molar-refractivity contribution in [1.82, 2.24) is 4.31 Å². The summed E-state index contributed by atoms with van der Waals surface area (Å²) in [5, 5.41) is 9.29. The van der Waals surface area contributed by atoms with Crippen molar-refractivity contribution < 1.29 is 13.5 Å². The third-order valence-electron chi connectivity index (χ3n) is 2.90. The third kappa shape index (κ3) is 1.79. The minimum atomic E-state index is -3.13. The Morgan fingerprint density at radius 1 is 1.29 bits per heavy atom. The maximum atomic E-state index is 11.8. The van der Waals surface area contributed by atoms with Gasteiger partial charge in [-0.2, -0.15) is 4.31 Å². The minimum Gasteiger partial charge on any atom is -0.390 e. The van der Waals surface area contributed by atoms with Gasteiger partial charge in [-0.3, -0.25) is 0 Å². The highest BCUT2D eigenvalue weighted by Gasteiger charge is 2.42. The Labute approximate surface area is 83.9 Å². The molecule has 82 valence electrons. The Hall–Kier alpha value is -0.170. The molecule has 2 rings (SSSR count). The molecular formula is C8H16N2O3S. The standard InChI is InChI=1S/C8H16N2O3S/c9-7-3-4-10(5-8(7)11)14(12,13)6-1-2-6/h6-8,11H,1-5,9H2/t7-,8-/m1/s1. The highest BCUT2D eigenvalue weighted by molar-refractivity contribution is 7.90. The fourth-order valence-electron chi connectivity index (χ4n) is 1.73. The molecule has 0 aromatic heterocycles. The molecule has 0 unspecified atom stereocenters. The molecule has 5 nitrogen and oxygen atoms in total. The summed E-state index contributed by atoms with van der Waals surface area (Å²) in [6.45, 7) is 0.622. The Bertz CT molecular complexity index is 313. The number of hydrogen-bond donors (Lipinski definition) is 2. The predicted octanol–water partition coefficient (Wildman–Crippen LogP) is -1.13. The van der Waals surface area contributed by atoms with Gasteiger partial charge < -0.3 is 10.8 Å². The van der Waals surface area contributed by atoms with Crippen LogP contribution in [-0.2, 0) is 10.0 Å². The highest BCUT2D eigenvalue weighted by atomic mass is 32.2. The number of aliphatic hydroxyl groups excluding tert-OH is 1. The first-order chi connectivity index (χ1) is 6.51. The summed E-state index contributed by atoms with van der Waals surface area (Å²) in [5.41, 5.74) is 5.60. The summed E-state index contributed by atoms with van der Waals surface area (Å²) in [7, 11) is -3.13. The first-order valence-corrected chi connectivity index (χ1v) is 6.45. The number of β-amino-alcohol motifs (C(OH)–C–C–N with tert-alkyl or cyclic N) is 1. The summed E-state index contributed by atoms with van der Waals surface area (Å²) in [6.07, 6.45) is 1.37. The molecule has 1 heterocycles. The normalized spacial score (nSPS) is 35.9. The van der Waals surface area contributed by atoms with E-state index in [1.807, 2.05) is 0 Å². The van der Waals surface area contributed by atoms with Gasteiger partial charge >= 0.3 is 0 Å². The minimum absolute atomic E-state index is 0.167. The van der Waals surface area contributed by atoms with Gasteiger partial charge in [-0.05, 0) is 19.3 Å². The van der Waals surface area contributed by atoms with Gasteiger partial charge in [-0.25, -0.2) is 8.42 Å². The summed E-state index contributed by atoms with van der Waals surface area (Å²) >= 11 is 0. The smallest absolute Gasteiger partial charge is 0.217 e. The van der Waals surface area contributed by atoms with E-state index in [1.165, 1.54) is 4.31 Å². The van der Waals surface area contributed by atoms with E-state index in [4.69, 9.17) is 5.73 Å². The molecule has 0 radical (unpaired) electrons. The van der Waals surface area contributed by atoms with Crippen LogP contribution >= 0.6 is 0 Å². The average Bonchev–Trinajstić information content (AvgIpc) is 2.92. The lowest BCUT2D eigenvalue weighted by Gasteiger charge is -2.33.